The molecule has 0 bridgehead atoms. The third-order valence-electron chi connectivity index (χ3n) is 3.32. The first-order chi connectivity index (χ1) is 10.0. The molecule has 2 aromatic rings. The Balaban J connectivity index is 2.48. The van der Waals surface area contributed by atoms with E-state index in [1.165, 1.54) is 6.20 Å². The first-order valence-corrected chi connectivity index (χ1v) is 6.82. The van der Waals surface area contributed by atoms with E-state index < -0.39 is 5.60 Å². The summed E-state index contributed by atoms with van der Waals surface area (Å²) >= 11 is 6.18. The highest BCUT2D eigenvalue weighted by Gasteiger charge is 2.32. The first kappa shape index (κ1) is 15.5. The van der Waals surface area contributed by atoms with Gasteiger partial charge in [-0.3, -0.25) is 4.68 Å². The molecule has 0 radical (unpaired) electrons. The van der Waals surface area contributed by atoms with Gasteiger partial charge in [-0.1, -0.05) is 23.7 Å². The molecule has 1 unspecified atom stereocenters. The number of hydrogen-bond donors (Lipinski definition) is 1. The minimum Gasteiger partial charge on any atom is -0.383 e. The van der Waals surface area contributed by atoms with Gasteiger partial charge in [0.1, 0.15) is 5.60 Å². The van der Waals surface area contributed by atoms with Gasteiger partial charge in [-0.2, -0.15) is 10.4 Å². The van der Waals surface area contributed by atoms with Crippen LogP contribution in [0.1, 0.15) is 23.7 Å². The van der Waals surface area contributed by atoms with E-state index in [9.17, 15) is 5.11 Å². The Morgan fingerprint density at radius 1 is 1.52 bits per heavy atom. The van der Waals surface area contributed by atoms with Crippen molar-refractivity contribution in [3.05, 3.63) is 52.3 Å². The fourth-order valence-electron chi connectivity index (χ4n) is 2.22. The number of halogens is 1. The lowest BCUT2D eigenvalue weighted by Crippen LogP contribution is -2.28. The molecule has 0 aliphatic heterocycles. The van der Waals surface area contributed by atoms with Gasteiger partial charge >= 0.3 is 0 Å². The summed E-state index contributed by atoms with van der Waals surface area (Å²) in [6.07, 6.45) is 1.50. The number of rotatable bonds is 5. The molecule has 0 spiro atoms. The number of benzene rings is 1. The monoisotopic (exact) mass is 305 g/mol. The van der Waals surface area contributed by atoms with E-state index in [4.69, 9.17) is 21.6 Å². The van der Waals surface area contributed by atoms with Gasteiger partial charge in [0, 0.05) is 7.11 Å². The highest BCUT2D eigenvalue weighted by atomic mass is 35.5. The molecule has 5 nitrogen and oxygen atoms in total. The third-order valence-corrected chi connectivity index (χ3v) is 3.59. The molecule has 0 saturated carbocycles. The van der Waals surface area contributed by atoms with Gasteiger partial charge in [0.05, 0.1) is 41.7 Å². The van der Waals surface area contributed by atoms with Crippen molar-refractivity contribution in [1.29, 1.82) is 5.26 Å². The summed E-state index contributed by atoms with van der Waals surface area (Å²) < 4.78 is 6.65. The Labute approximate surface area is 128 Å². The molecule has 1 aromatic carbocycles. The van der Waals surface area contributed by atoms with E-state index >= 15 is 0 Å². The zero-order chi connectivity index (χ0) is 15.5. The molecule has 1 atom stereocenters. The van der Waals surface area contributed by atoms with Crippen LogP contribution in [0.4, 0.5) is 0 Å². The SMILES string of the molecule is COCCn1ncc(Cl)c1C(C)(O)c1cccc(C#N)c1. The largest absolute Gasteiger partial charge is 0.383 e. The predicted octanol–water partition coefficient (Wildman–Crippen LogP) is 2.31. The number of nitrogens with zero attached hydrogens (tertiary/aromatic N) is 3. The lowest BCUT2D eigenvalue weighted by molar-refractivity contribution is 0.0884. The van der Waals surface area contributed by atoms with Crippen LogP contribution in [0.5, 0.6) is 0 Å². The van der Waals surface area contributed by atoms with Crippen LogP contribution in [-0.4, -0.2) is 28.6 Å². The van der Waals surface area contributed by atoms with Gasteiger partial charge < -0.3 is 9.84 Å². The van der Waals surface area contributed by atoms with Gasteiger partial charge in [0.2, 0.25) is 0 Å². The summed E-state index contributed by atoms with van der Waals surface area (Å²) in [4.78, 5) is 0. The molecule has 110 valence electrons. The van der Waals surface area contributed by atoms with Crippen LogP contribution in [0.2, 0.25) is 5.02 Å². The average Bonchev–Trinajstić information content (AvgIpc) is 2.86. The maximum absolute atomic E-state index is 10.9. The molecule has 0 amide bonds. The second-order valence-corrected chi connectivity index (χ2v) is 5.23. The number of hydrogen-bond acceptors (Lipinski definition) is 4. The zero-order valence-electron chi connectivity index (χ0n) is 11.9. The van der Waals surface area contributed by atoms with Crippen LogP contribution in [-0.2, 0) is 16.9 Å². The standard InChI is InChI=1S/C15H16ClN3O2/c1-15(20,12-5-3-4-11(8-12)9-17)14-13(16)10-18-19(14)6-7-21-2/h3-5,8,10,20H,6-7H2,1-2H3. The maximum atomic E-state index is 10.9. The van der Waals surface area contributed by atoms with Gasteiger partial charge in [0.25, 0.3) is 0 Å². The van der Waals surface area contributed by atoms with Gasteiger partial charge in [-0.25, -0.2) is 0 Å². The van der Waals surface area contributed by atoms with Gasteiger partial charge in [-0.05, 0) is 24.6 Å². The molecule has 0 fully saturated rings. The van der Waals surface area contributed by atoms with Crippen molar-refractivity contribution < 1.29 is 9.84 Å². The number of methoxy groups -OCH3 is 1. The number of ether oxygens (including phenoxy) is 1. The van der Waals surface area contributed by atoms with Gasteiger partial charge in [0.15, 0.2) is 0 Å². The third kappa shape index (κ3) is 3.08. The van der Waals surface area contributed by atoms with Crippen molar-refractivity contribution in [3.8, 4) is 6.07 Å². The van der Waals surface area contributed by atoms with E-state index in [0.717, 1.165) is 0 Å². The van der Waals surface area contributed by atoms with Crippen LogP contribution in [0, 0.1) is 11.3 Å². The minimum atomic E-state index is -1.35. The maximum Gasteiger partial charge on any atom is 0.130 e. The normalized spacial score (nSPS) is 13.7. The van der Waals surface area contributed by atoms with Crippen LogP contribution < -0.4 is 0 Å². The van der Waals surface area contributed by atoms with Crippen LogP contribution in [0.3, 0.4) is 0 Å². The Kier molecular flexibility index (Phi) is 4.63. The first-order valence-electron chi connectivity index (χ1n) is 6.44. The highest BCUT2D eigenvalue weighted by Crippen LogP contribution is 2.34. The minimum absolute atomic E-state index is 0.374. The van der Waals surface area contributed by atoms with E-state index in [0.29, 0.717) is 35.0 Å². The molecule has 1 heterocycles. The highest BCUT2D eigenvalue weighted by molar-refractivity contribution is 6.31. The molecule has 0 saturated heterocycles. The zero-order valence-corrected chi connectivity index (χ0v) is 12.6. The fraction of sp³-hybridized carbons (Fsp3) is 0.333. The summed E-state index contributed by atoms with van der Waals surface area (Å²) in [7, 11) is 1.60. The number of aliphatic hydroxyl groups is 1. The van der Waals surface area contributed by atoms with Crippen molar-refractivity contribution in [2.24, 2.45) is 0 Å². The van der Waals surface area contributed by atoms with E-state index in [1.54, 1.807) is 43.0 Å². The average molecular weight is 306 g/mol. The van der Waals surface area contributed by atoms with E-state index in [-0.39, 0.29) is 0 Å². The summed E-state index contributed by atoms with van der Waals surface area (Å²) in [5, 5.41) is 24.5. The summed E-state index contributed by atoms with van der Waals surface area (Å²) in [5.41, 5.74) is 0.194. The second-order valence-electron chi connectivity index (χ2n) is 4.82. The Morgan fingerprint density at radius 3 is 2.95 bits per heavy atom. The van der Waals surface area contributed by atoms with E-state index in [2.05, 4.69) is 11.2 Å². The van der Waals surface area contributed by atoms with Crippen LogP contribution >= 0.6 is 11.6 Å². The topological polar surface area (TPSA) is 71.1 Å². The Bertz CT molecular complexity index is 674. The molecule has 1 N–H and O–H groups in total. The molecule has 0 aliphatic carbocycles. The molecule has 21 heavy (non-hydrogen) atoms. The molecular formula is C15H16ClN3O2. The summed E-state index contributed by atoms with van der Waals surface area (Å²) in [6.45, 7) is 2.57. The van der Waals surface area contributed by atoms with Crippen molar-refractivity contribution in [2.75, 3.05) is 13.7 Å². The fourth-order valence-corrected chi connectivity index (χ4v) is 2.55. The van der Waals surface area contributed by atoms with Crippen molar-refractivity contribution in [1.82, 2.24) is 9.78 Å². The Hall–Kier alpha value is -1.87. The molecule has 1 aromatic heterocycles. The summed E-state index contributed by atoms with van der Waals surface area (Å²) in [6, 6.07) is 8.87. The van der Waals surface area contributed by atoms with Gasteiger partial charge in [-0.15, -0.1) is 0 Å². The molecule has 0 aliphatic rings. The molecular weight excluding hydrogens is 290 g/mol. The second kappa shape index (κ2) is 6.27. The number of aromatic nitrogens is 2. The Morgan fingerprint density at radius 2 is 2.29 bits per heavy atom. The van der Waals surface area contributed by atoms with Crippen molar-refractivity contribution in [3.63, 3.8) is 0 Å². The smallest absolute Gasteiger partial charge is 0.130 e. The van der Waals surface area contributed by atoms with Crippen molar-refractivity contribution >= 4 is 11.6 Å². The van der Waals surface area contributed by atoms with Crippen LogP contribution in [0.15, 0.2) is 30.5 Å². The predicted molar refractivity (Wildman–Crippen MR) is 78.9 cm³/mol. The quantitative estimate of drug-likeness (QED) is 0.920. The van der Waals surface area contributed by atoms with E-state index in [1.807, 2.05) is 0 Å². The van der Waals surface area contributed by atoms with Crippen molar-refractivity contribution in [2.45, 2.75) is 19.1 Å². The summed E-state index contributed by atoms with van der Waals surface area (Å²) in [5.74, 6) is 0. The molecule has 2 rings (SSSR count). The number of nitriles is 1. The lowest BCUT2D eigenvalue weighted by atomic mass is 9.91. The lowest BCUT2D eigenvalue weighted by Gasteiger charge is -2.25. The van der Waals surface area contributed by atoms with Crippen LogP contribution in [0.25, 0.3) is 0 Å². The molecule has 6 heteroatoms.